The minimum absolute atomic E-state index is 0.0436. The van der Waals surface area contributed by atoms with Gasteiger partial charge in [0.25, 0.3) is 5.91 Å². The van der Waals surface area contributed by atoms with Crippen LogP contribution in [0.1, 0.15) is 5.56 Å². The fourth-order valence-corrected chi connectivity index (χ4v) is 5.34. The molecule has 0 saturated carbocycles. The maximum absolute atomic E-state index is 13.9. The number of aryl methyl sites for hydroxylation is 1. The number of urea groups is 1. The van der Waals surface area contributed by atoms with Gasteiger partial charge in [0.15, 0.2) is 11.6 Å². The molecule has 2 unspecified atom stereocenters. The summed E-state index contributed by atoms with van der Waals surface area (Å²) in [4.78, 5) is 32.1. The lowest BCUT2D eigenvalue weighted by Gasteiger charge is -2.33. The van der Waals surface area contributed by atoms with Gasteiger partial charge in [-0.25, -0.2) is 14.1 Å². The van der Waals surface area contributed by atoms with E-state index in [0.717, 1.165) is 4.90 Å². The second-order valence-corrected chi connectivity index (χ2v) is 8.67. The lowest BCUT2D eigenvalue weighted by molar-refractivity contribution is -0.118. The quantitative estimate of drug-likeness (QED) is 0.646. The molecule has 2 aromatic heterocycles. The van der Waals surface area contributed by atoms with E-state index in [2.05, 4.69) is 15.4 Å². The Kier molecular flexibility index (Phi) is 4.63. The number of halogens is 2. The highest BCUT2D eigenvalue weighted by Crippen LogP contribution is 2.45. The first-order valence-electron chi connectivity index (χ1n) is 9.21. The molecule has 1 saturated heterocycles. The monoisotopic (exact) mass is 459 g/mol. The largest absolute Gasteiger partial charge is 0.494 e. The molecule has 0 bridgehead atoms. The first-order chi connectivity index (χ1) is 14.9. The lowest BCUT2D eigenvalue weighted by Crippen LogP contribution is -2.60. The number of fused-ring (bicyclic) bond motifs is 2. The Labute approximate surface area is 185 Å². The van der Waals surface area contributed by atoms with Crippen molar-refractivity contribution in [2.24, 2.45) is 7.05 Å². The van der Waals surface area contributed by atoms with Crippen LogP contribution in [0, 0.1) is 5.82 Å². The van der Waals surface area contributed by atoms with Crippen LogP contribution in [0.3, 0.4) is 0 Å². The highest BCUT2D eigenvalue weighted by Gasteiger charge is 2.46. The van der Waals surface area contributed by atoms with Gasteiger partial charge in [-0.2, -0.15) is 5.10 Å². The Hall–Kier alpha value is -3.11. The van der Waals surface area contributed by atoms with Gasteiger partial charge in [0.2, 0.25) is 0 Å². The molecule has 1 N–H and O–H groups in total. The van der Waals surface area contributed by atoms with Crippen LogP contribution in [0.4, 0.5) is 14.9 Å². The molecular formula is C20H15ClFN5O3S. The van der Waals surface area contributed by atoms with E-state index in [1.54, 1.807) is 30.2 Å². The number of hydrogen-bond donors (Lipinski definition) is 1. The van der Waals surface area contributed by atoms with E-state index in [-0.39, 0.29) is 16.7 Å². The van der Waals surface area contributed by atoms with Gasteiger partial charge < -0.3 is 10.1 Å². The Morgan fingerprint density at radius 2 is 2.10 bits per heavy atom. The molecule has 3 amide bonds. The van der Waals surface area contributed by atoms with Gasteiger partial charge in [-0.15, -0.1) is 11.8 Å². The predicted molar refractivity (Wildman–Crippen MR) is 116 cm³/mol. The van der Waals surface area contributed by atoms with Gasteiger partial charge in [0.05, 0.1) is 36.3 Å². The number of carbonyl (C=O) groups is 2. The number of imide groups is 1. The smallest absolute Gasteiger partial charge is 0.329 e. The number of anilines is 1. The molecular weight excluding hydrogens is 445 g/mol. The second-order valence-electron chi connectivity index (χ2n) is 7.08. The van der Waals surface area contributed by atoms with E-state index in [0.29, 0.717) is 27.1 Å². The number of carbonyl (C=O) groups excluding carboxylic acids is 2. The third-order valence-corrected chi connectivity index (χ3v) is 6.81. The molecule has 2 aliphatic heterocycles. The van der Waals surface area contributed by atoms with Crippen molar-refractivity contribution < 1.29 is 18.7 Å². The zero-order valence-electron chi connectivity index (χ0n) is 16.3. The first-order valence-corrected chi connectivity index (χ1v) is 10.5. The number of pyridine rings is 1. The number of amides is 3. The zero-order chi connectivity index (χ0) is 21.9. The Morgan fingerprint density at radius 1 is 1.29 bits per heavy atom. The average Bonchev–Trinajstić information content (AvgIpc) is 3.31. The normalized spacial score (nSPS) is 20.6. The van der Waals surface area contributed by atoms with E-state index in [9.17, 15) is 14.0 Å². The van der Waals surface area contributed by atoms with Crippen LogP contribution in [-0.2, 0) is 11.8 Å². The van der Waals surface area contributed by atoms with Crippen LogP contribution < -0.4 is 15.0 Å². The second kappa shape index (κ2) is 7.24. The van der Waals surface area contributed by atoms with Gasteiger partial charge in [0.1, 0.15) is 10.8 Å². The SMILES string of the molecule is COc1cc(C2=CC3NC(=O)N(c4cncc5nn(C)cc45)C(=O)C3S2)c(Cl)cc1F. The summed E-state index contributed by atoms with van der Waals surface area (Å²) in [6.07, 6.45) is 6.53. The van der Waals surface area contributed by atoms with Crippen LogP contribution in [0.25, 0.3) is 15.8 Å². The fourth-order valence-electron chi connectivity index (χ4n) is 3.74. The molecule has 1 fully saturated rings. The topological polar surface area (TPSA) is 89.3 Å². The summed E-state index contributed by atoms with van der Waals surface area (Å²) in [7, 11) is 3.11. The van der Waals surface area contributed by atoms with Crippen LogP contribution in [0.15, 0.2) is 36.8 Å². The summed E-state index contributed by atoms with van der Waals surface area (Å²) in [6, 6.07) is 1.58. The molecule has 4 heterocycles. The molecule has 1 aromatic carbocycles. The molecule has 5 rings (SSSR count). The van der Waals surface area contributed by atoms with E-state index >= 15 is 0 Å². The first kappa shape index (κ1) is 19.8. The van der Waals surface area contributed by atoms with E-state index in [1.165, 1.54) is 37.2 Å². The molecule has 2 atom stereocenters. The van der Waals surface area contributed by atoms with E-state index < -0.39 is 23.1 Å². The molecule has 0 spiro atoms. The third-order valence-electron chi connectivity index (χ3n) is 5.14. The van der Waals surface area contributed by atoms with E-state index in [1.807, 2.05) is 0 Å². The minimum Gasteiger partial charge on any atom is -0.494 e. The Morgan fingerprint density at radius 3 is 2.87 bits per heavy atom. The molecule has 158 valence electrons. The number of rotatable bonds is 3. The summed E-state index contributed by atoms with van der Waals surface area (Å²) in [5.74, 6) is -0.916. The summed E-state index contributed by atoms with van der Waals surface area (Å²) >= 11 is 7.50. The number of ether oxygens (including phenoxy) is 1. The van der Waals surface area contributed by atoms with Gasteiger partial charge in [-0.1, -0.05) is 11.6 Å². The number of hydrogen-bond acceptors (Lipinski definition) is 6. The van der Waals surface area contributed by atoms with Crippen LogP contribution in [-0.4, -0.2) is 45.1 Å². The average molecular weight is 460 g/mol. The van der Waals surface area contributed by atoms with Crippen LogP contribution >= 0.6 is 23.4 Å². The third kappa shape index (κ3) is 3.14. The molecule has 3 aromatic rings. The molecule has 31 heavy (non-hydrogen) atoms. The van der Waals surface area contributed by atoms with Crippen molar-refractivity contribution >= 4 is 56.8 Å². The summed E-state index contributed by atoms with van der Waals surface area (Å²) in [6.45, 7) is 0. The highest BCUT2D eigenvalue weighted by molar-refractivity contribution is 8.09. The number of thioether (sulfide) groups is 1. The van der Waals surface area contributed by atoms with Crippen LogP contribution in [0.5, 0.6) is 5.75 Å². The number of nitrogens with one attached hydrogen (secondary N) is 1. The Balaban J connectivity index is 1.50. The zero-order valence-corrected chi connectivity index (χ0v) is 17.9. The van der Waals surface area contributed by atoms with Crippen molar-refractivity contribution in [1.82, 2.24) is 20.1 Å². The minimum atomic E-state index is -0.605. The number of methoxy groups -OCH3 is 1. The molecule has 11 heteroatoms. The van der Waals surface area contributed by atoms with Crippen molar-refractivity contribution in [3.63, 3.8) is 0 Å². The predicted octanol–water partition coefficient (Wildman–Crippen LogP) is 3.35. The standard InChI is InChI=1S/C20H15ClFN5O3S/c1-26-8-10-14(25-26)6-23-7-15(10)27-19(28)18-13(24-20(27)29)5-17(31-18)9-3-16(30-2)12(22)4-11(9)21/h3-8,13,18H,1-2H3,(H,24,29). The van der Waals surface area contributed by atoms with Crippen LogP contribution in [0.2, 0.25) is 5.02 Å². The lowest BCUT2D eigenvalue weighted by atomic mass is 10.1. The number of nitrogens with zero attached hydrogens (tertiary/aromatic N) is 4. The van der Waals surface area contributed by atoms with Gasteiger partial charge in [0, 0.05) is 29.1 Å². The molecule has 0 aliphatic carbocycles. The van der Waals surface area contributed by atoms with Crippen molar-refractivity contribution in [1.29, 1.82) is 0 Å². The maximum Gasteiger partial charge on any atom is 0.329 e. The highest BCUT2D eigenvalue weighted by atomic mass is 35.5. The van der Waals surface area contributed by atoms with Crippen molar-refractivity contribution in [3.8, 4) is 5.75 Å². The van der Waals surface area contributed by atoms with Crippen molar-refractivity contribution in [2.75, 3.05) is 12.0 Å². The Bertz CT molecular complexity index is 1290. The van der Waals surface area contributed by atoms with E-state index in [4.69, 9.17) is 16.3 Å². The van der Waals surface area contributed by atoms with Crippen molar-refractivity contribution in [3.05, 3.63) is 53.2 Å². The van der Waals surface area contributed by atoms with Gasteiger partial charge in [-0.05, 0) is 18.2 Å². The summed E-state index contributed by atoms with van der Waals surface area (Å²) in [5.41, 5.74) is 1.47. The molecule has 8 nitrogen and oxygen atoms in total. The number of benzene rings is 1. The molecule has 2 aliphatic rings. The van der Waals surface area contributed by atoms with Gasteiger partial charge >= 0.3 is 6.03 Å². The summed E-state index contributed by atoms with van der Waals surface area (Å²) < 4.78 is 20.6. The summed E-state index contributed by atoms with van der Waals surface area (Å²) in [5, 5.41) is 7.36. The fraction of sp³-hybridized carbons (Fsp3) is 0.200. The maximum atomic E-state index is 13.9. The van der Waals surface area contributed by atoms with Gasteiger partial charge in [-0.3, -0.25) is 14.5 Å². The number of aromatic nitrogens is 3. The molecule has 0 radical (unpaired) electrons. The van der Waals surface area contributed by atoms with Crippen molar-refractivity contribution in [2.45, 2.75) is 11.3 Å².